The highest BCUT2D eigenvalue weighted by Gasteiger charge is 2.00. The van der Waals surface area contributed by atoms with Crippen LogP contribution in [-0.4, -0.2) is 13.2 Å². The van der Waals surface area contributed by atoms with Crippen molar-refractivity contribution in [2.24, 2.45) is 0 Å². The Balaban J connectivity index is 1.79. The second-order valence-corrected chi connectivity index (χ2v) is 4.87. The first kappa shape index (κ1) is 13.1. The van der Waals surface area contributed by atoms with Gasteiger partial charge in [-0.25, -0.2) is 4.39 Å². The quantitative estimate of drug-likeness (QED) is 0.647. The van der Waals surface area contributed by atoms with Gasteiger partial charge in [0.15, 0.2) is 0 Å². The van der Waals surface area contributed by atoms with Crippen molar-refractivity contribution in [1.29, 1.82) is 0 Å². The molecule has 0 aliphatic heterocycles. The summed E-state index contributed by atoms with van der Waals surface area (Å²) < 4.78 is 19.3. The van der Waals surface area contributed by atoms with Crippen LogP contribution in [0.25, 0.3) is 0 Å². The molecule has 0 amide bonds. The zero-order valence-corrected chi connectivity index (χ0v) is 11.9. The molecule has 0 aliphatic carbocycles. The van der Waals surface area contributed by atoms with Crippen molar-refractivity contribution in [3.8, 4) is 5.75 Å². The van der Waals surface area contributed by atoms with Gasteiger partial charge in [0.1, 0.15) is 18.2 Å². The lowest BCUT2D eigenvalue weighted by molar-refractivity contribution is 0.333. The average molecular weight is 357 g/mol. The third-order valence-corrected chi connectivity index (χ3v) is 3.25. The van der Waals surface area contributed by atoms with Crippen molar-refractivity contribution in [3.63, 3.8) is 0 Å². The van der Waals surface area contributed by atoms with Gasteiger partial charge in [0.25, 0.3) is 0 Å². The van der Waals surface area contributed by atoms with E-state index in [0.717, 1.165) is 15.0 Å². The summed E-state index contributed by atoms with van der Waals surface area (Å²) in [6, 6.07) is 14.3. The minimum absolute atomic E-state index is 0.217. The van der Waals surface area contributed by atoms with Crippen LogP contribution in [0, 0.1) is 9.39 Å². The van der Waals surface area contributed by atoms with Gasteiger partial charge in [0.05, 0.1) is 0 Å². The van der Waals surface area contributed by atoms with E-state index >= 15 is 0 Å². The molecule has 2 aromatic rings. The van der Waals surface area contributed by atoms with E-state index in [-0.39, 0.29) is 5.82 Å². The van der Waals surface area contributed by atoms with Gasteiger partial charge in [-0.1, -0.05) is 18.2 Å². The molecule has 0 atom stereocenters. The molecule has 0 heterocycles. The number of anilines is 1. The monoisotopic (exact) mass is 357 g/mol. The van der Waals surface area contributed by atoms with Crippen LogP contribution in [0.5, 0.6) is 5.75 Å². The average Bonchev–Trinajstić information content (AvgIpc) is 2.38. The SMILES string of the molecule is Fc1ccc(NCCOc2ccccc2)c(I)c1. The normalized spacial score (nSPS) is 10.1. The first-order valence-corrected chi connectivity index (χ1v) is 6.70. The minimum Gasteiger partial charge on any atom is -0.492 e. The van der Waals surface area contributed by atoms with E-state index in [1.807, 2.05) is 30.3 Å². The first-order valence-electron chi connectivity index (χ1n) is 5.62. The van der Waals surface area contributed by atoms with Gasteiger partial charge in [0.2, 0.25) is 0 Å². The largest absolute Gasteiger partial charge is 0.492 e. The van der Waals surface area contributed by atoms with Crippen molar-refractivity contribution in [2.75, 3.05) is 18.5 Å². The Labute approximate surface area is 119 Å². The molecule has 0 aromatic heterocycles. The zero-order chi connectivity index (χ0) is 12.8. The smallest absolute Gasteiger partial charge is 0.124 e. The first-order chi connectivity index (χ1) is 8.75. The van der Waals surface area contributed by atoms with Crippen molar-refractivity contribution >= 4 is 28.3 Å². The van der Waals surface area contributed by atoms with Crippen LogP contribution in [0.3, 0.4) is 0 Å². The maximum absolute atomic E-state index is 12.9. The maximum Gasteiger partial charge on any atom is 0.124 e. The summed E-state index contributed by atoms with van der Waals surface area (Å²) in [4.78, 5) is 0. The Kier molecular flexibility index (Phi) is 4.81. The molecule has 1 N–H and O–H groups in total. The Morgan fingerprint density at radius 1 is 1.11 bits per heavy atom. The van der Waals surface area contributed by atoms with Crippen LogP contribution in [0.15, 0.2) is 48.5 Å². The van der Waals surface area contributed by atoms with Crippen LogP contribution < -0.4 is 10.1 Å². The second kappa shape index (κ2) is 6.58. The zero-order valence-electron chi connectivity index (χ0n) is 9.70. The molecule has 0 fully saturated rings. The molecule has 4 heteroatoms. The molecular weight excluding hydrogens is 344 g/mol. The van der Waals surface area contributed by atoms with Crippen LogP contribution in [0.4, 0.5) is 10.1 Å². The molecule has 0 aliphatic rings. The third-order valence-electron chi connectivity index (χ3n) is 2.36. The predicted octanol–water partition coefficient (Wildman–Crippen LogP) is 3.92. The van der Waals surface area contributed by atoms with E-state index in [1.54, 1.807) is 6.07 Å². The molecule has 2 nitrogen and oxygen atoms in total. The van der Waals surface area contributed by atoms with E-state index in [0.29, 0.717) is 13.2 Å². The molecule has 0 spiro atoms. The van der Waals surface area contributed by atoms with Gasteiger partial charge in [0, 0.05) is 15.8 Å². The Morgan fingerprint density at radius 2 is 1.89 bits per heavy atom. The molecular formula is C14H13FINO. The van der Waals surface area contributed by atoms with Gasteiger partial charge in [-0.15, -0.1) is 0 Å². The third kappa shape index (κ3) is 3.87. The molecule has 0 bridgehead atoms. The van der Waals surface area contributed by atoms with E-state index in [4.69, 9.17) is 4.74 Å². The maximum atomic E-state index is 12.9. The summed E-state index contributed by atoms with van der Waals surface area (Å²) in [5.41, 5.74) is 0.925. The van der Waals surface area contributed by atoms with Crippen LogP contribution >= 0.6 is 22.6 Å². The van der Waals surface area contributed by atoms with E-state index in [9.17, 15) is 4.39 Å². The molecule has 0 unspecified atom stereocenters. The van der Waals surface area contributed by atoms with E-state index in [2.05, 4.69) is 27.9 Å². The fraction of sp³-hybridized carbons (Fsp3) is 0.143. The highest BCUT2D eigenvalue weighted by atomic mass is 127. The lowest BCUT2D eigenvalue weighted by atomic mass is 10.3. The van der Waals surface area contributed by atoms with Crippen LogP contribution in [-0.2, 0) is 0 Å². The summed E-state index contributed by atoms with van der Waals surface area (Å²) in [7, 11) is 0. The molecule has 0 radical (unpaired) electrons. The molecule has 2 aromatic carbocycles. The number of para-hydroxylation sites is 1. The Bertz CT molecular complexity index is 504. The lowest BCUT2D eigenvalue weighted by Gasteiger charge is -2.10. The molecule has 18 heavy (non-hydrogen) atoms. The fourth-order valence-corrected chi connectivity index (χ4v) is 2.17. The number of ether oxygens (including phenoxy) is 1. The highest BCUT2D eigenvalue weighted by molar-refractivity contribution is 14.1. The molecule has 0 saturated carbocycles. The van der Waals surface area contributed by atoms with E-state index < -0.39 is 0 Å². The Hall–Kier alpha value is -1.30. The predicted molar refractivity (Wildman–Crippen MR) is 79.5 cm³/mol. The summed E-state index contributed by atoms with van der Waals surface area (Å²) in [6.07, 6.45) is 0. The van der Waals surface area contributed by atoms with Crippen molar-refractivity contribution < 1.29 is 9.13 Å². The second-order valence-electron chi connectivity index (χ2n) is 3.71. The number of benzene rings is 2. The van der Waals surface area contributed by atoms with Crippen LogP contribution in [0.1, 0.15) is 0 Å². The number of rotatable bonds is 5. The summed E-state index contributed by atoms with van der Waals surface area (Å²) in [5, 5.41) is 3.21. The van der Waals surface area contributed by atoms with Gasteiger partial charge in [-0.3, -0.25) is 0 Å². The molecule has 2 rings (SSSR count). The molecule has 0 saturated heterocycles. The van der Waals surface area contributed by atoms with Crippen molar-refractivity contribution in [2.45, 2.75) is 0 Å². The highest BCUT2D eigenvalue weighted by Crippen LogP contribution is 2.18. The summed E-state index contributed by atoms with van der Waals surface area (Å²) in [6.45, 7) is 1.24. The standard InChI is InChI=1S/C14H13FINO/c15-11-6-7-14(13(16)10-11)17-8-9-18-12-4-2-1-3-5-12/h1-7,10,17H,8-9H2. The summed E-state index contributed by atoms with van der Waals surface area (Å²) >= 11 is 2.11. The van der Waals surface area contributed by atoms with Gasteiger partial charge >= 0.3 is 0 Å². The van der Waals surface area contributed by atoms with Crippen molar-refractivity contribution in [3.05, 3.63) is 57.9 Å². The lowest BCUT2D eigenvalue weighted by Crippen LogP contribution is -2.12. The number of nitrogens with one attached hydrogen (secondary N) is 1. The molecule has 94 valence electrons. The minimum atomic E-state index is -0.217. The fourth-order valence-electron chi connectivity index (χ4n) is 1.50. The number of halogens is 2. The number of hydrogen-bond acceptors (Lipinski definition) is 2. The van der Waals surface area contributed by atoms with Gasteiger partial charge in [-0.2, -0.15) is 0 Å². The summed E-state index contributed by atoms with van der Waals surface area (Å²) in [5.74, 6) is 0.638. The topological polar surface area (TPSA) is 21.3 Å². The Morgan fingerprint density at radius 3 is 2.61 bits per heavy atom. The van der Waals surface area contributed by atoms with Gasteiger partial charge in [-0.05, 0) is 52.9 Å². The van der Waals surface area contributed by atoms with Gasteiger partial charge < -0.3 is 10.1 Å². The van der Waals surface area contributed by atoms with Crippen LogP contribution in [0.2, 0.25) is 0 Å². The number of hydrogen-bond donors (Lipinski definition) is 1. The van der Waals surface area contributed by atoms with E-state index in [1.165, 1.54) is 12.1 Å². The van der Waals surface area contributed by atoms with Crippen molar-refractivity contribution in [1.82, 2.24) is 0 Å².